The van der Waals surface area contributed by atoms with Crippen LogP contribution in [0.25, 0.3) is 16.9 Å². The highest BCUT2D eigenvalue weighted by atomic mass is 19.2. The second-order valence-electron chi connectivity index (χ2n) is 9.92. The summed E-state index contributed by atoms with van der Waals surface area (Å²) in [5.41, 5.74) is 2.55. The number of fused-ring (bicyclic) bond motifs is 1. The van der Waals surface area contributed by atoms with Crippen LogP contribution in [0, 0.1) is 24.5 Å². The Morgan fingerprint density at radius 3 is 2.71 bits per heavy atom. The van der Waals surface area contributed by atoms with Crippen molar-refractivity contribution >= 4 is 29.0 Å². The predicted octanol–water partition coefficient (Wildman–Crippen LogP) is 2.55. The zero-order valence-electron chi connectivity index (χ0n) is 23.1. The Kier molecular flexibility index (Phi) is 8.59. The standard InChI is InChI=1S/C29H31F2N7O4/c1-16-13-17(3-4-18(16)28(40)34-9-10-35-29(41)20-7-8-32-15-22(20)39)37-26-27-36-14-21(38(27)12-11-33-26)19-5-6-23(42-2)25(31)24(19)30/h3-6,11-14,20,22,32,39H,7-10,15H2,1-2H3,(H,33,37)(H,34,40)(H,35,41)/t20-,22+/m1/s1. The summed E-state index contributed by atoms with van der Waals surface area (Å²) in [4.78, 5) is 33.8. The summed E-state index contributed by atoms with van der Waals surface area (Å²) in [7, 11) is 1.27. The molecule has 1 aliphatic rings. The van der Waals surface area contributed by atoms with E-state index in [2.05, 4.69) is 31.2 Å². The Balaban J connectivity index is 1.23. The zero-order valence-corrected chi connectivity index (χ0v) is 23.1. The average Bonchev–Trinajstić information content (AvgIpc) is 3.42. The molecule has 3 heterocycles. The number of carbonyl (C=O) groups is 2. The minimum Gasteiger partial charge on any atom is -0.494 e. The zero-order chi connectivity index (χ0) is 29.8. The lowest BCUT2D eigenvalue weighted by molar-refractivity contribution is -0.129. The molecule has 5 rings (SSSR count). The molecule has 0 saturated carbocycles. The van der Waals surface area contributed by atoms with Crippen LogP contribution in [0.5, 0.6) is 5.75 Å². The molecule has 0 bridgehead atoms. The highest BCUT2D eigenvalue weighted by molar-refractivity contribution is 5.96. The lowest BCUT2D eigenvalue weighted by Gasteiger charge is -2.27. The van der Waals surface area contributed by atoms with Gasteiger partial charge in [0.1, 0.15) is 0 Å². The summed E-state index contributed by atoms with van der Waals surface area (Å²) in [5.74, 6) is -2.91. The Morgan fingerprint density at radius 1 is 1.14 bits per heavy atom. The van der Waals surface area contributed by atoms with E-state index >= 15 is 0 Å². The molecule has 2 aromatic carbocycles. The van der Waals surface area contributed by atoms with Gasteiger partial charge in [-0.25, -0.2) is 14.4 Å². The Hall–Kier alpha value is -4.62. The molecule has 0 unspecified atom stereocenters. The van der Waals surface area contributed by atoms with Crippen molar-refractivity contribution in [2.45, 2.75) is 19.4 Å². The van der Waals surface area contributed by atoms with Crippen LogP contribution in [0.2, 0.25) is 0 Å². The maximum atomic E-state index is 14.8. The van der Waals surface area contributed by atoms with Gasteiger partial charge in [0.15, 0.2) is 23.0 Å². The van der Waals surface area contributed by atoms with E-state index in [0.29, 0.717) is 53.5 Å². The Labute approximate surface area is 240 Å². The molecule has 2 aromatic heterocycles. The van der Waals surface area contributed by atoms with Crippen molar-refractivity contribution in [3.8, 4) is 17.0 Å². The first kappa shape index (κ1) is 28.9. The van der Waals surface area contributed by atoms with E-state index in [-0.39, 0.29) is 36.2 Å². The monoisotopic (exact) mass is 579 g/mol. The van der Waals surface area contributed by atoms with E-state index in [9.17, 15) is 23.5 Å². The fourth-order valence-corrected chi connectivity index (χ4v) is 4.96. The molecule has 2 amide bonds. The lowest BCUT2D eigenvalue weighted by atomic mass is 9.94. The van der Waals surface area contributed by atoms with Gasteiger partial charge in [-0.1, -0.05) is 0 Å². The fourth-order valence-electron chi connectivity index (χ4n) is 4.96. The molecule has 2 atom stereocenters. The van der Waals surface area contributed by atoms with E-state index in [1.165, 1.54) is 31.6 Å². The SMILES string of the molecule is COc1ccc(-c2cnc3c(Nc4ccc(C(=O)NCCNC(=O)[C@@H]5CCNC[C@@H]5O)c(C)c4)nccn23)c(F)c1F. The highest BCUT2D eigenvalue weighted by Gasteiger charge is 2.29. The van der Waals surface area contributed by atoms with Gasteiger partial charge in [-0.15, -0.1) is 0 Å². The maximum Gasteiger partial charge on any atom is 0.251 e. The molecule has 4 aromatic rings. The summed E-state index contributed by atoms with van der Waals surface area (Å²) in [6, 6.07) is 7.95. The Morgan fingerprint density at radius 2 is 1.95 bits per heavy atom. The Bertz CT molecular complexity index is 1630. The quantitative estimate of drug-likeness (QED) is 0.191. The molecule has 0 radical (unpaired) electrons. The summed E-state index contributed by atoms with van der Waals surface area (Å²) >= 11 is 0. The molecule has 0 aliphatic carbocycles. The number of hydrogen-bond donors (Lipinski definition) is 5. The third-order valence-electron chi connectivity index (χ3n) is 7.20. The van der Waals surface area contributed by atoms with Crippen LogP contribution < -0.4 is 26.0 Å². The van der Waals surface area contributed by atoms with Crippen LogP contribution in [0.15, 0.2) is 48.9 Å². The molecule has 1 saturated heterocycles. The van der Waals surface area contributed by atoms with Crippen molar-refractivity contribution in [1.82, 2.24) is 30.3 Å². The number of anilines is 2. The molecular formula is C29H31F2N7O4. The lowest BCUT2D eigenvalue weighted by Crippen LogP contribution is -2.48. The second-order valence-corrected chi connectivity index (χ2v) is 9.92. The molecule has 0 spiro atoms. The number of amides is 2. The average molecular weight is 580 g/mol. The number of halogens is 2. The number of rotatable bonds is 9. The molecule has 5 N–H and O–H groups in total. The van der Waals surface area contributed by atoms with E-state index in [4.69, 9.17) is 4.74 Å². The van der Waals surface area contributed by atoms with Crippen molar-refractivity contribution in [2.24, 2.45) is 5.92 Å². The number of benzene rings is 2. The number of nitrogens with zero attached hydrogens (tertiary/aromatic N) is 3. The fraction of sp³-hybridized carbons (Fsp3) is 0.310. The molecular weight excluding hydrogens is 548 g/mol. The molecule has 11 nitrogen and oxygen atoms in total. The van der Waals surface area contributed by atoms with E-state index in [1.54, 1.807) is 35.7 Å². The van der Waals surface area contributed by atoms with Gasteiger partial charge in [-0.3, -0.25) is 14.0 Å². The number of hydrogen-bond acceptors (Lipinski definition) is 8. The van der Waals surface area contributed by atoms with Gasteiger partial charge in [0.05, 0.1) is 31.0 Å². The first-order valence-electron chi connectivity index (χ1n) is 13.4. The topological polar surface area (TPSA) is 142 Å². The third-order valence-corrected chi connectivity index (χ3v) is 7.20. The summed E-state index contributed by atoms with van der Waals surface area (Å²) in [6.45, 7) is 3.34. The van der Waals surface area contributed by atoms with Gasteiger partial charge in [0.25, 0.3) is 5.91 Å². The second kappa shape index (κ2) is 12.5. The van der Waals surface area contributed by atoms with Gasteiger partial charge in [0.2, 0.25) is 11.7 Å². The largest absolute Gasteiger partial charge is 0.494 e. The van der Waals surface area contributed by atoms with Gasteiger partial charge in [0, 0.05) is 48.8 Å². The number of imidazole rings is 1. The number of aromatic nitrogens is 3. The first-order chi connectivity index (χ1) is 20.3. The van der Waals surface area contributed by atoms with Gasteiger partial charge < -0.3 is 31.1 Å². The van der Waals surface area contributed by atoms with E-state index in [0.717, 1.165) is 0 Å². The van der Waals surface area contributed by atoms with Crippen LogP contribution in [-0.2, 0) is 4.79 Å². The molecule has 220 valence electrons. The van der Waals surface area contributed by atoms with Crippen molar-refractivity contribution in [2.75, 3.05) is 38.6 Å². The third kappa shape index (κ3) is 5.87. The number of piperidine rings is 1. The molecule has 1 fully saturated rings. The van der Waals surface area contributed by atoms with Crippen molar-refractivity contribution in [3.63, 3.8) is 0 Å². The van der Waals surface area contributed by atoms with Gasteiger partial charge >= 0.3 is 0 Å². The number of ether oxygens (including phenoxy) is 1. The number of carbonyl (C=O) groups excluding carboxylic acids is 2. The summed E-state index contributed by atoms with van der Waals surface area (Å²) in [5, 5.41) is 21.8. The number of aliphatic hydroxyl groups is 1. The number of methoxy groups -OCH3 is 1. The first-order valence-corrected chi connectivity index (χ1v) is 13.4. The van der Waals surface area contributed by atoms with Crippen LogP contribution in [0.4, 0.5) is 20.3 Å². The molecule has 1 aliphatic heterocycles. The minimum atomic E-state index is -1.08. The smallest absolute Gasteiger partial charge is 0.251 e. The number of nitrogens with one attached hydrogen (secondary N) is 4. The van der Waals surface area contributed by atoms with Crippen LogP contribution in [0.3, 0.4) is 0 Å². The molecule has 13 heteroatoms. The maximum absolute atomic E-state index is 14.8. The number of aliphatic hydroxyl groups excluding tert-OH is 1. The van der Waals surface area contributed by atoms with E-state index in [1.807, 2.05) is 0 Å². The predicted molar refractivity (Wildman–Crippen MR) is 152 cm³/mol. The van der Waals surface area contributed by atoms with Crippen molar-refractivity contribution in [1.29, 1.82) is 0 Å². The van der Waals surface area contributed by atoms with Crippen LogP contribution >= 0.6 is 0 Å². The van der Waals surface area contributed by atoms with Gasteiger partial charge in [-0.2, -0.15) is 4.39 Å². The van der Waals surface area contributed by atoms with Gasteiger partial charge in [-0.05, 0) is 55.8 Å². The highest BCUT2D eigenvalue weighted by Crippen LogP contribution is 2.31. The number of aryl methyl sites for hydroxylation is 1. The van der Waals surface area contributed by atoms with Crippen LogP contribution in [0.1, 0.15) is 22.3 Å². The summed E-state index contributed by atoms with van der Waals surface area (Å²) in [6.07, 6.45) is 4.38. The van der Waals surface area contributed by atoms with E-state index < -0.39 is 23.7 Å². The van der Waals surface area contributed by atoms with Crippen molar-refractivity contribution in [3.05, 3.63) is 71.7 Å². The normalized spacial score (nSPS) is 16.7. The summed E-state index contributed by atoms with van der Waals surface area (Å²) < 4.78 is 35.6. The van der Waals surface area contributed by atoms with Crippen LogP contribution in [-0.4, -0.2) is 70.7 Å². The number of β-amino-alcohol motifs (C(OH)–C–C–N with tert-alkyl or cyclic N) is 1. The minimum absolute atomic E-state index is 0.0209. The van der Waals surface area contributed by atoms with Crippen molar-refractivity contribution < 1.29 is 28.2 Å². The molecule has 42 heavy (non-hydrogen) atoms.